The minimum atomic E-state index is -4.46. The highest BCUT2D eigenvalue weighted by Gasteiger charge is 2.47. The van der Waals surface area contributed by atoms with E-state index < -0.39 is 23.1 Å². The lowest BCUT2D eigenvalue weighted by Gasteiger charge is -2.40. The maximum absolute atomic E-state index is 14.0. The van der Waals surface area contributed by atoms with E-state index in [0.717, 1.165) is 42.8 Å². The number of aliphatic carboxylic acids is 1. The second kappa shape index (κ2) is 10.7. The minimum absolute atomic E-state index is 0.257. The van der Waals surface area contributed by atoms with Gasteiger partial charge in [0.1, 0.15) is 5.82 Å². The Balaban J connectivity index is 1.70. The van der Waals surface area contributed by atoms with Crippen molar-refractivity contribution in [2.45, 2.75) is 70.0 Å². The van der Waals surface area contributed by atoms with Gasteiger partial charge in [0.05, 0.1) is 17.0 Å². The van der Waals surface area contributed by atoms with Crippen LogP contribution in [0.4, 0.5) is 17.6 Å². The van der Waals surface area contributed by atoms with Crippen LogP contribution in [0, 0.1) is 11.2 Å². The molecule has 212 valence electrons. The number of rotatable bonds is 8. The van der Waals surface area contributed by atoms with Crippen LogP contribution in [0.1, 0.15) is 80.7 Å². The number of halogens is 4. The number of alkyl halides is 3. The molecule has 1 aliphatic carbocycles. The Bertz CT molecular complexity index is 1360. The predicted octanol–water partition coefficient (Wildman–Crippen LogP) is 8.62. The van der Waals surface area contributed by atoms with Crippen LogP contribution in [0.2, 0.25) is 0 Å². The first kappa shape index (κ1) is 28.3. The molecule has 5 rings (SSSR count). The van der Waals surface area contributed by atoms with Crippen molar-refractivity contribution in [3.63, 3.8) is 0 Å². The molecule has 1 spiro atoms. The molecule has 3 aromatic carbocycles. The summed E-state index contributed by atoms with van der Waals surface area (Å²) in [6.07, 6.45) is 1.20. The Kier molecular flexibility index (Phi) is 7.55. The molecule has 0 aromatic heterocycles. The van der Waals surface area contributed by atoms with Crippen molar-refractivity contribution in [3.8, 4) is 11.1 Å². The van der Waals surface area contributed by atoms with Crippen molar-refractivity contribution in [1.29, 1.82) is 0 Å². The van der Waals surface area contributed by atoms with Gasteiger partial charge in [0.2, 0.25) is 0 Å². The molecule has 1 saturated heterocycles. The topological polar surface area (TPSA) is 40.5 Å². The molecular formula is C33H35F4NO2. The number of nitrogens with zero attached hydrogens (tertiary/aromatic N) is 1. The van der Waals surface area contributed by atoms with Gasteiger partial charge in [0.25, 0.3) is 0 Å². The Morgan fingerprint density at radius 1 is 0.975 bits per heavy atom. The predicted molar refractivity (Wildman–Crippen MR) is 147 cm³/mol. The molecule has 1 N–H and O–H groups in total. The summed E-state index contributed by atoms with van der Waals surface area (Å²) in [5.74, 6) is -1.28. The van der Waals surface area contributed by atoms with E-state index in [1.54, 1.807) is 19.1 Å². The van der Waals surface area contributed by atoms with E-state index in [-0.39, 0.29) is 11.9 Å². The zero-order chi connectivity index (χ0) is 28.7. The quantitative estimate of drug-likeness (QED) is 0.284. The van der Waals surface area contributed by atoms with Gasteiger partial charge in [-0.25, -0.2) is 4.39 Å². The molecule has 0 bridgehead atoms. The molecule has 1 saturated carbocycles. The van der Waals surface area contributed by atoms with E-state index in [4.69, 9.17) is 0 Å². The lowest BCUT2D eigenvalue weighted by molar-refractivity contribution is -0.143. The molecule has 2 aliphatic rings. The highest BCUT2D eigenvalue weighted by atomic mass is 19.4. The van der Waals surface area contributed by atoms with Gasteiger partial charge in [0, 0.05) is 6.54 Å². The number of piperidine rings is 1. The summed E-state index contributed by atoms with van der Waals surface area (Å²) in [6.45, 7) is 5.37. The molecule has 2 fully saturated rings. The Morgan fingerprint density at radius 3 is 2.20 bits per heavy atom. The van der Waals surface area contributed by atoms with Crippen LogP contribution in [0.5, 0.6) is 0 Å². The average molecular weight is 554 g/mol. The van der Waals surface area contributed by atoms with Gasteiger partial charge >= 0.3 is 12.1 Å². The van der Waals surface area contributed by atoms with Gasteiger partial charge < -0.3 is 5.11 Å². The van der Waals surface area contributed by atoms with Crippen molar-refractivity contribution in [2.75, 3.05) is 13.1 Å². The molecular weight excluding hydrogens is 518 g/mol. The Hall–Kier alpha value is -3.19. The van der Waals surface area contributed by atoms with E-state index >= 15 is 0 Å². The summed E-state index contributed by atoms with van der Waals surface area (Å²) in [6, 6.07) is 16.9. The first-order chi connectivity index (χ1) is 19.0. The van der Waals surface area contributed by atoms with Crippen molar-refractivity contribution < 1.29 is 27.5 Å². The molecule has 3 aromatic rings. The fourth-order valence-corrected chi connectivity index (χ4v) is 6.38. The van der Waals surface area contributed by atoms with Crippen molar-refractivity contribution in [2.24, 2.45) is 5.41 Å². The first-order valence-corrected chi connectivity index (χ1v) is 14.0. The van der Waals surface area contributed by atoms with Crippen LogP contribution in [0.15, 0.2) is 66.7 Å². The van der Waals surface area contributed by atoms with E-state index in [9.17, 15) is 27.5 Å². The van der Waals surface area contributed by atoms with Gasteiger partial charge in [-0.2, -0.15) is 13.2 Å². The molecule has 7 heteroatoms. The van der Waals surface area contributed by atoms with E-state index in [1.165, 1.54) is 43.5 Å². The van der Waals surface area contributed by atoms with Crippen LogP contribution in [-0.2, 0) is 16.4 Å². The minimum Gasteiger partial charge on any atom is -0.481 e. The highest BCUT2D eigenvalue weighted by molar-refractivity contribution is 5.82. The molecule has 2 atom stereocenters. The van der Waals surface area contributed by atoms with Gasteiger partial charge in [0.15, 0.2) is 0 Å². The van der Waals surface area contributed by atoms with E-state index in [0.29, 0.717) is 34.9 Å². The number of hydrogen-bond donors (Lipinski definition) is 1. The fraction of sp³-hybridized carbons (Fsp3) is 0.424. The van der Waals surface area contributed by atoms with E-state index in [2.05, 4.69) is 4.90 Å². The van der Waals surface area contributed by atoms with Crippen LogP contribution in [0.25, 0.3) is 11.1 Å². The molecule has 3 nitrogen and oxygen atoms in total. The molecule has 1 aliphatic heterocycles. The molecule has 0 radical (unpaired) electrons. The molecule has 2 unspecified atom stereocenters. The normalized spacial score (nSPS) is 19.2. The van der Waals surface area contributed by atoms with Crippen LogP contribution in [0.3, 0.4) is 0 Å². The monoisotopic (exact) mass is 553 g/mol. The number of hydrogen-bond acceptors (Lipinski definition) is 2. The number of likely N-dealkylation sites (tertiary alicyclic amines) is 1. The maximum atomic E-state index is 14.0. The van der Waals surface area contributed by atoms with Crippen LogP contribution in [-0.4, -0.2) is 29.1 Å². The third-order valence-corrected chi connectivity index (χ3v) is 8.93. The van der Waals surface area contributed by atoms with Gasteiger partial charge in [-0.3, -0.25) is 9.69 Å². The summed E-state index contributed by atoms with van der Waals surface area (Å²) < 4.78 is 54.2. The molecule has 40 heavy (non-hydrogen) atoms. The first-order valence-electron chi connectivity index (χ1n) is 14.0. The van der Waals surface area contributed by atoms with Crippen molar-refractivity contribution in [3.05, 3.63) is 94.8 Å². The summed E-state index contributed by atoms with van der Waals surface area (Å²) in [4.78, 5) is 14.9. The zero-order valence-corrected chi connectivity index (χ0v) is 22.9. The lowest BCUT2D eigenvalue weighted by Crippen LogP contribution is -2.40. The lowest BCUT2D eigenvalue weighted by atomic mass is 9.76. The summed E-state index contributed by atoms with van der Waals surface area (Å²) >= 11 is 0. The van der Waals surface area contributed by atoms with Crippen LogP contribution >= 0.6 is 0 Å². The second-order valence-electron chi connectivity index (χ2n) is 11.8. The average Bonchev–Trinajstić information content (AvgIpc) is 3.67. The number of carboxylic acids is 1. The molecule has 0 amide bonds. The zero-order valence-electron chi connectivity index (χ0n) is 22.9. The van der Waals surface area contributed by atoms with Crippen molar-refractivity contribution >= 4 is 5.97 Å². The SMILES string of the molecule is CCCC(C)(C(=O)O)c1ccc(C(c2ccc(F)cc2)N2CCCC3(CC3)C2)c(-c2ccc(C(F)(F)F)cc2)c1. The maximum Gasteiger partial charge on any atom is 0.416 e. The highest BCUT2D eigenvalue weighted by Crippen LogP contribution is 2.54. The number of benzene rings is 3. The molecule has 1 heterocycles. The Morgan fingerprint density at radius 2 is 1.62 bits per heavy atom. The largest absolute Gasteiger partial charge is 0.481 e. The summed E-state index contributed by atoms with van der Waals surface area (Å²) in [5.41, 5.74) is 2.06. The third kappa shape index (κ3) is 5.53. The van der Waals surface area contributed by atoms with Crippen molar-refractivity contribution in [1.82, 2.24) is 4.90 Å². The van der Waals surface area contributed by atoms with Crippen LogP contribution < -0.4 is 0 Å². The number of carboxylic acid groups (broad SMARTS) is 1. The van der Waals surface area contributed by atoms with Gasteiger partial charge in [-0.1, -0.05) is 49.7 Å². The van der Waals surface area contributed by atoms with Gasteiger partial charge in [-0.05, 0) is 109 Å². The van der Waals surface area contributed by atoms with Gasteiger partial charge in [-0.15, -0.1) is 0 Å². The number of carbonyl (C=O) groups is 1. The third-order valence-electron chi connectivity index (χ3n) is 8.93. The Labute approximate surface area is 232 Å². The summed E-state index contributed by atoms with van der Waals surface area (Å²) in [5, 5.41) is 10.2. The smallest absolute Gasteiger partial charge is 0.416 e. The fourth-order valence-electron chi connectivity index (χ4n) is 6.38. The second-order valence-corrected chi connectivity index (χ2v) is 11.8. The standard InChI is InChI=1S/C33H35F4NO2/c1-3-15-31(2,30(39)40)25-11-14-27(28(20-25)22-5-9-24(10-6-22)33(35,36)37)29(23-7-12-26(34)13-8-23)38-19-4-16-32(21-38)17-18-32/h5-14,20,29H,3-4,15-19,21H2,1-2H3,(H,39,40). The van der Waals surface area contributed by atoms with E-state index in [1.807, 2.05) is 25.1 Å². The summed E-state index contributed by atoms with van der Waals surface area (Å²) in [7, 11) is 0.